The highest BCUT2D eigenvalue weighted by Crippen LogP contribution is 2.35. The SMILES string of the molecule is O=C(NC1CN2CCC1CC2)Oc1ccc(-c2cccc(N3CCOCC3)c2)s1. The number of nitrogens with one attached hydrogen (secondary N) is 1. The number of morpholine rings is 1. The number of carbonyl (C=O) groups is 1. The molecule has 1 N–H and O–H groups in total. The molecule has 4 saturated heterocycles. The third-order valence-corrected chi connectivity index (χ3v) is 7.25. The van der Waals surface area contributed by atoms with Crippen molar-refractivity contribution in [3.8, 4) is 15.5 Å². The molecule has 4 aliphatic rings. The first-order chi connectivity index (χ1) is 14.2. The van der Waals surface area contributed by atoms with Gasteiger partial charge in [0.05, 0.1) is 13.2 Å². The average Bonchev–Trinajstić information content (AvgIpc) is 3.24. The molecule has 5 heterocycles. The Kier molecular flexibility index (Phi) is 5.44. The van der Waals surface area contributed by atoms with E-state index in [1.54, 1.807) is 0 Å². The maximum absolute atomic E-state index is 12.4. The summed E-state index contributed by atoms with van der Waals surface area (Å²) >= 11 is 1.51. The number of anilines is 1. The second-order valence-corrected chi connectivity index (χ2v) is 9.09. The van der Waals surface area contributed by atoms with Gasteiger partial charge in [0.2, 0.25) is 0 Å². The van der Waals surface area contributed by atoms with Gasteiger partial charge in [0, 0.05) is 36.2 Å². The van der Waals surface area contributed by atoms with Crippen LogP contribution in [0.15, 0.2) is 36.4 Å². The van der Waals surface area contributed by atoms with E-state index in [0.717, 1.165) is 56.4 Å². The number of rotatable bonds is 4. The van der Waals surface area contributed by atoms with Gasteiger partial charge in [0.25, 0.3) is 0 Å². The van der Waals surface area contributed by atoms with Crippen LogP contribution >= 0.6 is 11.3 Å². The number of fused-ring (bicyclic) bond motifs is 3. The summed E-state index contributed by atoms with van der Waals surface area (Å²) in [4.78, 5) is 18.3. The van der Waals surface area contributed by atoms with Crippen molar-refractivity contribution < 1.29 is 14.3 Å². The lowest BCUT2D eigenvalue weighted by atomic mass is 9.84. The van der Waals surface area contributed by atoms with Crippen molar-refractivity contribution in [1.82, 2.24) is 10.2 Å². The molecule has 0 spiro atoms. The topological polar surface area (TPSA) is 54.0 Å². The summed E-state index contributed by atoms with van der Waals surface area (Å²) in [6, 6.07) is 12.7. The van der Waals surface area contributed by atoms with Crippen LogP contribution < -0.4 is 15.0 Å². The summed E-state index contributed by atoms with van der Waals surface area (Å²) in [6.45, 7) is 6.66. The molecule has 1 aromatic heterocycles. The number of nitrogens with zero attached hydrogens (tertiary/aromatic N) is 2. The molecule has 4 aliphatic heterocycles. The standard InChI is InChI=1S/C22H27N3O3S/c26-22(23-19-15-24-8-6-16(19)7-9-24)28-21-5-4-20(29-21)17-2-1-3-18(14-17)25-10-12-27-13-11-25/h1-5,14,16,19H,6-13,15H2,(H,23,26). The molecule has 0 aliphatic carbocycles. The van der Waals surface area contributed by atoms with Crippen molar-refractivity contribution in [3.63, 3.8) is 0 Å². The summed E-state index contributed by atoms with van der Waals surface area (Å²) in [5.74, 6) is 0.592. The van der Waals surface area contributed by atoms with Gasteiger partial charge in [-0.3, -0.25) is 0 Å². The molecule has 7 heteroatoms. The fourth-order valence-corrected chi connectivity index (χ4v) is 5.46. The number of amides is 1. The van der Waals surface area contributed by atoms with E-state index in [0.29, 0.717) is 11.0 Å². The van der Waals surface area contributed by atoms with Crippen LogP contribution in [-0.2, 0) is 4.74 Å². The predicted octanol–water partition coefficient (Wildman–Crippen LogP) is 3.43. The van der Waals surface area contributed by atoms with Gasteiger partial charge in [-0.2, -0.15) is 0 Å². The number of benzene rings is 1. The van der Waals surface area contributed by atoms with E-state index in [1.807, 2.05) is 12.1 Å². The maximum Gasteiger partial charge on any atom is 0.413 e. The van der Waals surface area contributed by atoms with Crippen LogP contribution in [0.1, 0.15) is 12.8 Å². The molecule has 4 fully saturated rings. The Bertz CT molecular complexity index is 856. The lowest BCUT2D eigenvalue weighted by Crippen LogP contribution is -2.57. The molecule has 154 valence electrons. The molecule has 1 amide bonds. The summed E-state index contributed by atoms with van der Waals surface area (Å²) in [5, 5.41) is 3.72. The normalized spacial score (nSPS) is 26.3. The van der Waals surface area contributed by atoms with Crippen molar-refractivity contribution in [3.05, 3.63) is 36.4 Å². The van der Waals surface area contributed by atoms with E-state index in [9.17, 15) is 4.79 Å². The molecular formula is C22H27N3O3S. The van der Waals surface area contributed by atoms with Crippen molar-refractivity contribution in [1.29, 1.82) is 0 Å². The Morgan fingerprint density at radius 3 is 2.69 bits per heavy atom. The first-order valence-corrected chi connectivity index (χ1v) is 11.3. The van der Waals surface area contributed by atoms with E-state index in [1.165, 1.54) is 29.9 Å². The number of thiophene rings is 1. The van der Waals surface area contributed by atoms with Crippen LogP contribution in [0.4, 0.5) is 10.5 Å². The van der Waals surface area contributed by atoms with Crippen LogP contribution in [0, 0.1) is 5.92 Å². The minimum absolute atomic E-state index is 0.217. The van der Waals surface area contributed by atoms with Crippen molar-refractivity contribution >= 4 is 23.1 Å². The molecule has 1 aromatic carbocycles. The summed E-state index contributed by atoms with van der Waals surface area (Å²) in [6.07, 6.45) is 2.01. The van der Waals surface area contributed by atoms with Gasteiger partial charge in [-0.1, -0.05) is 23.5 Å². The number of carbonyl (C=O) groups excluding carboxylic acids is 1. The molecule has 2 bridgehead atoms. The molecule has 2 aromatic rings. The number of hydrogen-bond donors (Lipinski definition) is 1. The van der Waals surface area contributed by atoms with Crippen LogP contribution in [0.5, 0.6) is 5.06 Å². The number of hydrogen-bond acceptors (Lipinski definition) is 6. The molecule has 6 nitrogen and oxygen atoms in total. The van der Waals surface area contributed by atoms with Crippen molar-refractivity contribution in [2.45, 2.75) is 18.9 Å². The van der Waals surface area contributed by atoms with Crippen LogP contribution in [0.2, 0.25) is 0 Å². The summed E-state index contributed by atoms with van der Waals surface area (Å²) < 4.78 is 11.0. The zero-order chi connectivity index (χ0) is 19.6. The first-order valence-electron chi connectivity index (χ1n) is 10.5. The van der Waals surface area contributed by atoms with E-state index in [4.69, 9.17) is 9.47 Å². The lowest BCUT2D eigenvalue weighted by Gasteiger charge is -2.44. The van der Waals surface area contributed by atoms with Gasteiger partial charge in [-0.15, -0.1) is 0 Å². The highest BCUT2D eigenvalue weighted by atomic mass is 32.1. The molecule has 1 atom stereocenters. The van der Waals surface area contributed by atoms with E-state index in [-0.39, 0.29) is 12.1 Å². The monoisotopic (exact) mass is 413 g/mol. The molecule has 0 radical (unpaired) electrons. The van der Waals surface area contributed by atoms with Crippen LogP contribution in [-0.4, -0.2) is 63.0 Å². The minimum Gasteiger partial charge on any atom is -0.399 e. The molecular weight excluding hydrogens is 386 g/mol. The minimum atomic E-state index is -0.334. The highest BCUT2D eigenvalue weighted by Gasteiger charge is 2.35. The Hall–Kier alpha value is -2.09. The van der Waals surface area contributed by atoms with Gasteiger partial charge >= 0.3 is 6.09 Å². The van der Waals surface area contributed by atoms with Gasteiger partial charge in [0.1, 0.15) is 0 Å². The third kappa shape index (κ3) is 4.27. The zero-order valence-electron chi connectivity index (χ0n) is 16.5. The second kappa shape index (κ2) is 8.34. The lowest BCUT2D eigenvalue weighted by molar-refractivity contribution is 0.0726. The molecule has 29 heavy (non-hydrogen) atoms. The van der Waals surface area contributed by atoms with E-state index >= 15 is 0 Å². The molecule has 0 saturated carbocycles. The quantitative estimate of drug-likeness (QED) is 0.832. The molecule has 6 rings (SSSR count). The maximum atomic E-state index is 12.4. The van der Waals surface area contributed by atoms with Gasteiger partial charge < -0.3 is 24.6 Å². The Morgan fingerprint density at radius 1 is 1.10 bits per heavy atom. The number of ether oxygens (including phenoxy) is 2. The summed E-state index contributed by atoms with van der Waals surface area (Å²) in [5.41, 5.74) is 2.36. The van der Waals surface area contributed by atoms with Gasteiger partial charge in [0.15, 0.2) is 5.06 Å². The van der Waals surface area contributed by atoms with E-state index < -0.39 is 0 Å². The Balaban J connectivity index is 1.22. The zero-order valence-corrected chi connectivity index (χ0v) is 17.3. The average molecular weight is 414 g/mol. The largest absolute Gasteiger partial charge is 0.413 e. The highest BCUT2D eigenvalue weighted by molar-refractivity contribution is 7.17. The fourth-order valence-electron chi connectivity index (χ4n) is 4.61. The smallest absolute Gasteiger partial charge is 0.399 e. The Morgan fingerprint density at radius 2 is 1.93 bits per heavy atom. The second-order valence-electron chi connectivity index (χ2n) is 8.05. The molecule has 1 unspecified atom stereocenters. The van der Waals surface area contributed by atoms with Gasteiger partial charge in [-0.05, 0) is 61.7 Å². The third-order valence-electron chi connectivity index (χ3n) is 6.24. The van der Waals surface area contributed by atoms with Crippen molar-refractivity contribution in [2.24, 2.45) is 5.92 Å². The van der Waals surface area contributed by atoms with Crippen LogP contribution in [0.3, 0.4) is 0 Å². The number of piperidine rings is 3. The van der Waals surface area contributed by atoms with E-state index in [2.05, 4.69) is 39.4 Å². The first kappa shape index (κ1) is 18.9. The van der Waals surface area contributed by atoms with Crippen LogP contribution in [0.25, 0.3) is 10.4 Å². The Labute approximate surface area is 175 Å². The predicted molar refractivity (Wildman–Crippen MR) is 115 cm³/mol. The van der Waals surface area contributed by atoms with Gasteiger partial charge in [-0.25, -0.2) is 4.79 Å². The summed E-state index contributed by atoms with van der Waals surface area (Å²) in [7, 11) is 0. The van der Waals surface area contributed by atoms with Crippen molar-refractivity contribution in [2.75, 3.05) is 50.8 Å². The fraction of sp³-hybridized carbons (Fsp3) is 0.500.